The Morgan fingerprint density at radius 3 is 3.09 bits per heavy atom. The van der Waals surface area contributed by atoms with E-state index in [1.165, 1.54) is 17.1 Å². The maximum absolute atomic E-state index is 12.3. The first kappa shape index (κ1) is 8.39. The molecule has 0 aromatic carbocycles. The van der Waals surface area contributed by atoms with Gasteiger partial charge in [0.25, 0.3) is 0 Å². The maximum Gasteiger partial charge on any atom is 0.324 e. The van der Waals surface area contributed by atoms with Crippen LogP contribution in [0.3, 0.4) is 0 Å². The van der Waals surface area contributed by atoms with Gasteiger partial charge in [-0.25, -0.2) is 9.07 Å². The lowest BCUT2D eigenvalue weighted by Gasteiger charge is -1.99. The van der Waals surface area contributed by atoms with Gasteiger partial charge in [-0.1, -0.05) is 11.3 Å². The summed E-state index contributed by atoms with van der Waals surface area (Å²) in [5.74, 6) is 0. The minimum Gasteiger partial charge on any atom is -0.255 e. The molecule has 11 heavy (non-hydrogen) atoms. The van der Waals surface area contributed by atoms with Crippen molar-refractivity contribution in [2.45, 2.75) is 26.1 Å². The molecule has 1 heterocycles. The van der Waals surface area contributed by atoms with Crippen molar-refractivity contribution >= 4 is 11.3 Å². The number of hydrogen-bond donors (Lipinski definition) is 0. The van der Waals surface area contributed by atoms with E-state index in [0.29, 0.717) is 13.0 Å². The van der Waals surface area contributed by atoms with Gasteiger partial charge in [-0.15, -0.1) is 0 Å². The van der Waals surface area contributed by atoms with Crippen molar-refractivity contribution < 1.29 is 4.39 Å². The monoisotopic (exact) mass is 176 g/mol. The summed E-state index contributed by atoms with van der Waals surface area (Å²) in [5, 5.41) is 3.74. The van der Waals surface area contributed by atoms with Crippen LogP contribution in [-0.2, 0) is 6.54 Å². The summed E-state index contributed by atoms with van der Waals surface area (Å²) in [4.78, 5) is 10.7. The Hall–Kier alpha value is -0.710. The summed E-state index contributed by atoms with van der Waals surface area (Å²) in [6.07, 6.45) is -0.521. The average Bonchev–Trinajstić information content (AvgIpc) is 2.31. The Morgan fingerprint density at radius 1 is 1.91 bits per heavy atom. The molecule has 0 saturated heterocycles. The van der Waals surface area contributed by atoms with Gasteiger partial charge < -0.3 is 0 Å². The molecule has 0 amide bonds. The summed E-state index contributed by atoms with van der Waals surface area (Å²) >= 11 is 1.03. The zero-order valence-electron chi connectivity index (χ0n) is 6.16. The van der Waals surface area contributed by atoms with Gasteiger partial charge in [0, 0.05) is 6.54 Å². The lowest BCUT2D eigenvalue weighted by atomic mass is 10.3. The van der Waals surface area contributed by atoms with E-state index in [1.807, 2.05) is 0 Å². The van der Waals surface area contributed by atoms with Crippen LogP contribution in [0.25, 0.3) is 0 Å². The number of aryl methyl sites for hydroxylation is 1. The molecule has 0 N–H and O–H groups in total. The highest BCUT2D eigenvalue weighted by Gasteiger charge is 2.01. The van der Waals surface area contributed by atoms with E-state index < -0.39 is 6.17 Å². The van der Waals surface area contributed by atoms with Crippen LogP contribution >= 0.6 is 11.3 Å². The topological polar surface area (TPSA) is 34.9 Å². The Balaban J connectivity index is 2.51. The zero-order valence-corrected chi connectivity index (χ0v) is 6.97. The highest BCUT2D eigenvalue weighted by molar-refractivity contribution is 7.06. The summed E-state index contributed by atoms with van der Waals surface area (Å²) in [7, 11) is 0. The van der Waals surface area contributed by atoms with E-state index in [-0.39, 0.29) is 4.87 Å². The van der Waals surface area contributed by atoms with Crippen molar-refractivity contribution in [3.05, 3.63) is 15.2 Å². The lowest BCUT2D eigenvalue weighted by Crippen LogP contribution is -2.16. The zero-order chi connectivity index (χ0) is 8.27. The number of alkyl halides is 1. The summed E-state index contributed by atoms with van der Waals surface area (Å²) in [5.41, 5.74) is 1.46. The molecule has 1 unspecified atom stereocenters. The van der Waals surface area contributed by atoms with Crippen LogP contribution in [0.2, 0.25) is 0 Å². The molecule has 0 aliphatic heterocycles. The van der Waals surface area contributed by atoms with Crippen LogP contribution in [-0.4, -0.2) is 16.0 Å². The van der Waals surface area contributed by atoms with Gasteiger partial charge in [0.2, 0.25) is 0 Å². The second-order valence-corrected chi connectivity index (χ2v) is 3.09. The van der Waals surface area contributed by atoms with Gasteiger partial charge in [0.1, 0.15) is 5.51 Å². The van der Waals surface area contributed by atoms with E-state index in [4.69, 9.17) is 0 Å². The van der Waals surface area contributed by atoms with Crippen LogP contribution in [0.5, 0.6) is 0 Å². The molecular formula is C6H9FN2OS. The third kappa shape index (κ3) is 2.42. The number of rotatable bonds is 3. The average molecular weight is 176 g/mol. The van der Waals surface area contributed by atoms with Gasteiger partial charge in [0.15, 0.2) is 0 Å². The van der Waals surface area contributed by atoms with Crippen LogP contribution in [0.4, 0.5) is 4.39 Å². The normalized spacial score (nSPS) is 13.3. The number of hydrogen-bond acceptors (Lipinski definition) is 3. The summed E-state index contributed by atoms with van der Waals surface area (Å²) in [6.45, 7) is 1.84. The van der Waals surface area contributed by atoms with Crippen molar-refractivity contribution in [1.29, 1.82) is 0 Å². The maximum atomic E-state index is 12.3. The first-order valence-electron chi connectivity index (χ1n) is 3.35. The largest absolute Gasteiger partial charge is 0.324 e. The molecule has 5 heteroatoms. The van der Waals surface area contributed by atoms with Crippen molar-refractivity contribution in [2.24, 2.45) is 0 Å². The quantitative estimate of drug-likeness (QED) is 0.690. The molecule has 0 aliphatic rings. The van der Waals surface area contributed by atoms with E-state index in [1.54, 1.807) is 0 Å². The summed E-state index contributed by atoms with van der Waals surface area (Å²) < 4.78 is 13.6. The van der Waals surface area contributed by atoms with Gasteiger partial charge in [-0.3, -0.25) is 4.79 Å². The van der Waals surface area contributed by atoms with E-state index >= 15 is 0 Å². The Labute approximate surface area is 67.5 Å². The van der Waals surface area contributed by atoms with Gasteiger partial charge in [-0.2, -0.15) is 5.10 Å². The molecule has 0 bridgehead atoms. The number of nitrogens with zero attached hydrogens (tertiary/aromatic N) is 2. The molecule has 0 radical (unpaired) electrons. The van der Waals surface area contributed by atoms with Gasteiger partial charge in [-0.05, 0) is 13.3 Å². The first-order valence-corrected chi connectivity index (χ1v) is 4.23. The number of aromatic nitrogens is 2. The first-order chi connectivity index (χ1) is 5.20. The fraction of sp³-hybridized carbons (Fsp3) is 0.667. The Kier molecular flexibility index (Phi) is 2.76. The molecule has 3 nitrogen and oxygen atoms in total. The summed E-state index contributed by atoms with van der Waals surface area (Å²) in [6, 6.07) is 0. The van der Waals surface area contributed by atoms with Crippen molar-refractivity contribution in [3.8, 4) is 0 Å². The third-order valence-corrected chi connectivity index (χ3v) is 1.90. The fourth-order valence-electron chi connectivity index (χ4n) is 0.683. The van der Waals surface area contributed by atoms with Crippen LogP contribution in [0, 0.1) is 0 Å². The van der Waals surface area contributed by atoms with Crippen LogP contribution in [0.1, 0.15) is 13.3 Å². The predicted molar refractivity (Wildman–Crippen MR) is 41.6 cm³/mol. The molecule has 0 spiro atoms. The van der Waals surface area contributed by atoms with Crippen molar-refractivity contribution in [1.82, 2.24) is 9.78 Å². The lowest BCUT2D eigenvalue weighted by molar-refractivity contribution is 0.319. The molecule has 0 saturated carbocycles. The van der Waals surface area contributed by atoms with Gasteiger partial charge >= 0.3 is 4.87 Å². The van der Waals surface area contributed by atoms with Gasteiger partial charge in [0.05, 0.1) is 6.17 Å². The second-order valence-electron chi connectivity index (χ2n) is 2.30. The molecule has 0 fully saturated rings. The Morgan fingerprint density at radius 2 is 2.64 bits per heavy atom. The number of halogens is 1. The smallest absolute Gasteiger partial charge is 0.255 e. The predicted octanol–water partition coefficient (Wildman–Crippen LogP) is 1.05. The molecule has 1 atom stereocenters. The standard InChI is InChI=1S/C6H9FN2OS/c1-5(7)2-3-9-6(10)11-4-8-9/h4-5H,2-3H2,1H3. The molecule has 62 valence electrons. The molecule has 1 rings (SSSR count). The van der Waals surface area contributed by atoms with Crippen LogP contribution in [0.15, 0.2) is 10.3 Å². The molecule has 0 aliphatic carbocycles. The van der Waals surface area contributed by atoms with E-state index in [0.717, 1.165) is 11.3 Å². The molecule has 1 aromatic heterocycles. The SMILES string of the molecule is CC(F)CCn1ncsc1=O. The molecular weight excluding hydrogens is 167 g/mol. The van der Waals surface area contributed by atoms with E-state index in [9.17, 15) is 9.18 Å². The van der Waals surface area contributed by atoms with E-state index in [2.05, 4.69) is 5.10 Å². The third-order valence-electron chi connectivity index (χ3n) is 1.29. The van der Waals surface area contributed by atoms with Crippen molar-refractivity contribution in [2.75, 3.05) is 0 Å². The minimum atomic E-state index is -0.872. The fourth-order valence-corrected chi connectivity index (χ4v) is 1.19. The molecule has 1 aromatic rings. The highest BCUT2D eigenvalue weighted by Crippen LogP contribution is 1.97. The Bertz CT molecular complexity index is 268. The second kappa shape index (κ2) is 3.61. The van der Waals surface area contributed by atoms with Crippen molar-refractivity contribution in [3.63, 3.8) is 0 Å². The minimum absolute atomic E-state index is 0.120. The highest BCUT2D eigenvalue weighted by atomic mass is 32.1. The van der Waals surface area contributed by atoms with Crippen LogP contribution < -0.4 is 4.87 Å².